The van der Waals surface area contributed by atoms with E-state index >= 15 is 0 Å². The number of nitro benzene ring substituents is 1. The third-order valence-electron chi connectivity index (χ3n) is 2.95. The maximum Gasteiger partial charge on any atom is 0.269 e. The van der Waals surface area contributed by atoms with Crippen molar-refractivity contribution in [2.24, 2.45) is 0 Å². The number of carbonyl (C=O) groups is 1. The highest BCUT2D eigenvalue weighted by Gasteiger charge is 2.15. The number of Topliss-reactive ketones (excluding diaryl/α,β-unsaturated/α-hetero) is 1. The largest absolute Gasteiger partial charge is 0.295 e. The van der Waals surface area contributed by atoms with Gasteiger partial charge in [0.05, 0.1) is 11.5 Å². The molecule has 0 aliphatic carbocycles. The molecule has 0 saturated heterocycles. The van der Waals surface area contributed by atoms with Gasteiger partial charge in [0.2, 0.25) is 0 Å². The van der Waals surface area contributed by atoms with E-state index in [1.54, 1.807) is 11.8 Å². The van der Waals surface area contributed by atoms with Crippen molar-refractivity contribution in [3.8, 4) is 0 Å². The van der Waals surface area contributed by atoms with Crippen LogP contribution in [0.1, 0.15) is 17.3 Å². The van der Waals surface area contributed by atoms with Crippen molar-refractivity contribution in [2.45, 2.75) is 13.0 Å². The van der Waals surface area contributed by atoms with Crippen molar-refractivity contribution in [3.05, 3.63) is 39.9 Å². The predicted molar refractivity (Wildman–Crippen MR) is 77.9 cm³/mol. The van der Waals surface area contributed by atoms with Crippen LogP contribution in [0, 0.1) is 10.1 Å². The van der Waals surface area contributed by atoms with Crippen LogP contribution in [0.2, 0.25) is 0 Å². The molecule has 0 aliphatic rings. The summed E-state index contributed by atoms with van der Waals surface area (Å²) < 4.78 is 0. The zero-order chi connectivity index (χ0) is 14.4. The minimum Gasteiger partial charge on any atom is -0.295 e. The lowest BCUT2D eigenvalue weighted by molar-refractivity contribution is -0.384. The number of hydrogen-bond acceptors (Lipinski definition) is 5. The molecule has 0 bridgehead atoms. The van der Waals surface area contributed by atoms with Gasteiger partial charge in [0.1, 0.15) is 0 Å². The normalized spacial score (nSPS) is 12.4. The summed E-state index contributed by atoms with van der Waals surface area (Å²) in [4.78, 5) is 24.1. The number of nitrogens with zero attached hydrogens (tertiary/aromatic N) is 2. The molecule has 0 heterocycles. The monoisotopic (exact) mass is 282 g/mol. The molecule has 0 aromatic heterocycles. The summed E-state index contributed by atoms with van der Waals surface area (Å²) in [6.45, 7) is 2.39. The molecule has 6 heteroatoms. The molecule has 104 valence electrons. The van der Waals surface area contributed by atoms with E-state index in [0.717, 1.165) is 5.75 Å². The maximum atomic E-state index is 12.0. The Labute approximate surface area is 117 Å². The summed E-state index contributed by atoms with van der Waals surface area (Å²) in [6.07, 6.45) is 2.03. The summed E-state index contributed by atoms with van der Waals surface area (Å²) in [5, 5.41) is 10.5. The highest BCUT2D eigenvalue weighted by Crippen LogP contribution is 2.13. The van der Waals surface area contributed by atoms with Crippen molar-refractivity contribution in [1.82, 2.24) is 4.90 Å². The van der Waals surface area contributed by atoms with E-state index < -0.39 is 4.92 Å². The molecule has 0 amide bonds. The Balaban J connectivity index is 2.65. The van der Waals surface area contributed by atoms with Gasteiger partial charge in [-0.05, 0) is 32.4 Å². The highest BCUT2D eigenvalue weighted by atomic mass is 32.2. The first-order chi connectivity index (χ1) is 8.95. The van der Waals surface area contributed by atoms with Gasteiger partial charge in [-0.1, -0.05) is 0 Å². The van der Waals surface area contributed by atoms with Crippen LogP contribution < -0.4 is 0 Å². The molecule has 0 N–H and O–H groups in total. The van der Waals surface area contributed by atoms with Crippen LogP contribution in [0.4, 0.5) is 5.69 Å². The van der Waals surface area contributed by atoms with Crippen LogP contribution in [0.5, 0.6) is 0 Å². The molecule has 1 aromatic carbocycles. The SMILES string of the molecule is CSCC(C)N(C)CC(=O)c1ccc([N+](=O)[O-])cc1. The Morgan fingerprint density at radius 3 is 2.47 bits per heavy atom. The summed E-state index contributed by atoms with van der Waals surface area (Å²) in [6, 6.07) is 6.05. The van der Waals surface area contributed by atoms with Crippen LogP contribution in [-0.2, 0) is 0 Å². The molecule has 1 aromatic rings. The predicted octanol–water partition coefficient (Wildman–Crippen LogP) is 2.46. The first-order valence-corrected chi connectivity index (χ1v) is 7.32. The van der Waals surface area contributed by atoms with Gasteiger partial charge in [-0.25, -0.2) is 0 Å². The first kappa shape index (κ1) is 15.7. The van der Waals surface area contributed by atoms with Gasteiger partial charge < -0.3 is 0 Å². The Morgan fingerprint density at radius 2 is 2.00 bits per heavy atom. The van der Waals surface area contributed by atoms with Crippen molar-refractivity contribution in [1.29, 1.82) is 0 Å². The van der Waals surface area contributed by atoms with E-state index in [4.69, 9.17) is 0 Å². The molecule has 0 saturated carbocycles. The molecule has 1 rings (SSSR count). The van der Waals surface area contributed by atoms with Gasteiger partial charge in [-0.3, -0.25) is 19.8 Å². The van der Waals surface area contributed by atoms with Crippen LogP contribution in [-0.4, -0.2) is 47.2 Å². The van der Waals surface area contributed by atoms with Gasteiger partial charge in [-0.2, -0.15) is 11.8 Å². The van der Waals surface area contributed by atoms with E-state index in [9.17, 15) is 14.9 Å². The lowest BCUT2D eigenvalue weighted by Gasteiger charge is -2.23. The number of thioether (sulfide) groups is 1. The van der Waals surface area contributed by atoms with E-state index in [-0.39, 0.29) is 11.5 Å². The van der Waals surface area contributed by atoms with Crippen molar-refractivity contribution >= 4 is 23.2 Å². The molecule has 0 aliphatic heterocycles. The lowest BCUT2D eigenvalue weighted by atomic mass is 10.1. The van der Waals surface area contributed by atoms with Gasteiger partial charge in [0, 0.05) is 29.5 Å². The molecule has 5 nitrogen and oxygen atoms in total. The van der Waals surface area contributed by atoms with E-state index in [1.165, 1.54) is 24.3 Å². The summed E-state index contributed by atoms with van der Waals surface area (Å²) in [5.74, 6) is 0.940. The van der Waals surface area contributed by atoms with Crippen molar-refractivity contribution < 1.29 is 9.72 Å². The number of likely N-dealkylation sites (N-methyl/N-ethyl adjacent to an activating group) is 1. The second-order valence-electron chi connectivity index (χ2n) is 4.45. The summed E-state index contributed by atoms with van der Waals surface area (Å²) in [7, 11) is 1.91. The number of benzene rings is 1. The third kappa shape index (κ3) is 4.65. The number of ketones is 1. The van der Waals surface area contributed by atoms with Crippen LogP contribution in [0.25, 0.3) is 0 Å². The third-order valence-corrected chi connectivity index (χ3v) is 3.77. The fourth-order valence-corrected chi connectivity index (χ4v) is 2.35. The molecule has 0 spiro atoms. The molecule has 1 unspecified atom stereocenters. The fourth-order valence-electron chi connectivity index (χ4n) is 1.61. The zero-order valence-corrected chi connectivity index (χ0v) is 12.1. The topological polar surface area (TPSA) is 63.5 Å². The lowest BCUT2D eigenvalue weighted by Crippen LogP contribution is -2.35. The van der Waals surface area contributed by atoms with Crippen LogP contribution >= 0.6 is 11.8 Å². The number of hydrogen-bond donors (Lipinski definition) is 0. The number of non-ortho nitro benzene ring substituents is 1. The molecule has 0 radical (unpaired) electrons. The molecular weight excluding hydrogens is 264 g/mol. The Morgan fingerprint density at radius 1 is 1.42 bits per heavy atom. The van der Waals surface area contributed by atoms with Gasteiger partial charge in [-0.15, -0.1) is 0 Å². The van der Waals surface area contributed by atoms with Crippen molar-refractivity contribution in [3.63, 3.8) is 0 Å². The van der Waals surface area contributed by atoms with E-state index in [2.05, 4.69) is 6.92 Å². The molecule has 1 atom stereocenters. The standard InChI is InChI=1S/C13H18N2O3S/c1-10(9-19-3)14(2)8-13(16)11-4-6-12(7-5-11)15(17)18/h4-7,10H,8-9H2,1-3H3. The Hall–Kier alpha value is -1.40. The smallest absolute Gasteiger partial charge is 0.269 e. The fraction of sp³-hybridized carbons (Fsp3) is 0.462. The van der Waals surface area contributed by atoms with E-state index in [0.29, 0.717) is 18.2 Å². The van der Waals surface area contributed by atoms with Gasteiger partial charge in [0.25, 0.3) is 5.69 Å². The number of carbonyl (C=O) groups excluding carboxylic acids is 1. The summed E-state index contributed by atoms with van der Waals surface area (Å²) in [5.41, 5.74) is 0.509. The van der Waals surface area contributed by atoms with Gasteiger partial charge >= 0.3 is 0 Å². The minimum absolute atomic E-state index is 0.000607. The zero-order valence-electron chi connectivity index (χ0n) is 11.3. The molecule has 0 fully saturated rings. The Bertz CT molecular complexity index is 448. The van der Waals surface area contributed by atoms with Crippen molar-refractivity contribution in [2.75, 3.05) is 25.6 Å². The van der Waals surface area contributed by atoms with Gasteiger partial charge in [0.15, 0.2) is 5.78 Å². The maximum absolute atomic E-state index is 12.0. The minimum atomic E-state index is -0.471. The summed E-state index contributed by atoms with van der Waals surface area (Å²) >= 11 is 1.74. The quantitative estimate of drug-likeness (QED) is 0.437. The average Bonchev–Trinajstić information content (AvgIpc) is 2.38. The van der Waals surface area contributed by atoms with Crippen LogP contribution in [0.3, 0.4) is 0 Å². The molecular formula is C13H18N2O3S. The second kappa shape index (κ2) is 7.25. The number of nitro groups is 1. The van der Waals surface area contributed by atoms with E-state index in [1.807, 2.05) is 18.2 Å². The molecule has 19 heavy (non-hydrogen) atoms. The van der Waals surface area contributed by atoms with Crippen LogP contribution in [0.15, 0.2) is 24.3 Å². The second-order valence-corrected chi connectivity index (χ2v) is 5.36. The first-order valence-electron chi connectivity index (χ1n) is 5.92. The average molecular weight is 282 g/mol. The highest BCUT2D eigenvalue weighted by molar-refractivity contribution is 7.98. The Kier molecular flexibility index (Phi) is 5.98. The number of rotatable bonds is 7.